The van der Waals surface area contributed by atoms with Crippen molar-refractivity contribution in [2.45, 2.75) is 0 Å². The maximum absolute atomic E-state index is 13.1. The van der Waals surface area contributed by atoms with Crippen LogP contribution >= 0.6 is 0 Å². The summed E-state index contributed by atoms with van der Waals surface area (Å²) in [6.45, 7) is 0. The largest absolute Gasteiger partial charge is 0.493 e. The van der Waals surface area contributed by atoms with Gasteiger partial charge >= 0.3 is 0 Å². The van der Waals surface area contributed by atoms with Crippen LogP contribution in [0.25, 0.3) is 28.1 Å². The first kappa shape index (κ1) is 16.0. The van der Waals surface area contributed by atoms with Gasteiger partial charge < -0.3 is 9.47 Å². The Morgan fingerprint density at radius 2 is 1.69 bits per heavy atom. The molecule has 0 radical (unpaired) electrons. The van der Waals surface area contributed by atoms with Gasteiger partial charge in [0.05, 0.1) is 32.3 Å². The molecule has 0 unspecified atom stereocenters. The van der Waals surface area contributed by atoms with E-state index in [1.165, 1.54) is 12.1 Å². The number of hydrogen-bond acceptors (Lipinski definition) is 5. The highest BCUT2D eigenvalue weighted by Gasteiger charge is 2.12. The summed E-state index contributed by atoms with van der Waals surface area (Å²) in [6, 6.07) is 11.6. The van der Waals surface area contributed by atoms with Crippen LogP contribution in [0, 0.1) is 5.82 Å². The molecule has 0 aliphatic heterocycles. The summed E-state index contributed by atoms with van der Waals surface area (Å²) in [5.41, 5.74) is 2.99. The molecule has 0 N–H and O–H groups in total. The minimum atomic E-state index is -0.295. The highest BCUT2D eigenvalue weighted by atomic mass is 19.1. The van der Waals surface area contributed by atoms with Crippen molar-refractivity contribution in [3.8, 4) is 28.6 Å². The van der Waals surface area contributed by atoms with E-state index in [4.69, 9.17) is 9.47 Å². The van der Waals surface area contributed by atoms with Crippen molar-refractivity contribution in [3.63, 3.8) is 0 Å². The van der Waals surface area contributed by atoms with Crippen LogP contribution in [0.5, 0.6) is 11.5 Å². The highest BCUT2D eigenvalue weighted by molar-refractivity contribution is 5.77. The summed E-state index contributed by atoms with van der Waals surface area (Å²) in [5.74, 6) is 1.47. The molecule has 0 saturated carbocycles. The molecule has 4 rings (SSSR count). The van der Waals surface area contributed by atoms with E-state index >= 15 is 0 Å². The van der Waals surface area contributed by atoms with Crippen molar-refractivity contribution in [2.24, 2.45) is 0 Å². The fraction of sp³-hybridized carbons (Fsp3) is 0.105. The smallest absolute Gasteiger partial charge is 0.162 e. The third-order valence-electron chi connectivity index (χ3n) is 4.04. The summed E-state index contributed by atoms with van der Waals surface area (Å²) in [5, 5.41) is 4.40. The molecule has 0 aliphatic carbocycles. The zero-order valence-corrected chi connectivity index (χ0v) is 14.2. The molecule has 4 aromatic rings. The quantitative estimate of drug-likeness (QED) is 0.562. The maximum Gasteiger partial charge on any atom is 0.162 e. The third-order valence-corrected chi connectivity index (χ3v) is 4.04. The van der Waals surface area contributed by atoms with Gasteiger partial charge in [0.1, 0.15) is 16.9 Å². The second-order valence-electron chi connectivity index (χ2n) is 5.57. The molecule has 26 heavy (non-hydrogen) atoms. The van der Waals surface area contributed by atoms with Gasteiger partial charge in [-0.1, -0.05) is 0 Å². The molecular formula is C19H15FN4O2. The summed E-state index contributed by atoms with van der Waals surface area (Å²) < 4.78 is 25.4. The number of rotatable bonds is 4. The van der Waals surface area contributed by atoms with E-state index in [-0.39, 0.29) is 5.82 Å². The fourth-order valence-electron chi connectivity index (χ4n) is 2.72. The van der Waals surface area contributed by atoms with E-state index in [0.29, 0.717) is 22.8 Å². The van der Waals surface area contributed by atoms with Crippen LogP contribution in [-0.4, -0.2) is 34.0 Å². The van der Waals surface area contributed by atoms with Crippen LogP contribution in [0.1, 0.15) is 0 Å². The van der Waals surface area contributed by atoms with Crippen molar-refractivity contribution in [1.82, 2.24) is 19.7 Å². The van der Waals surface area contributed by atoms with Gasteiger partial charge in [-0.25, -0.2) is 19.0 Å². The first-order valence-corrected chi connectivity index (χ1v) is 7.88. The maximum atomic E-state index is 13.1. The number of ether oxygens (including phenoxy) is 2. The predicted molar refractivity (Wildman–Crippen MR) is 95.2 cm³/mol. The standard InChI is InChI=1S/C19H15FN4O2/c1-25-17-8-7-14(9-18(17)26-2)24-16-11-21-19(23-15(16)10-22-24)12-3-5-13(20)6-4-12/h3-11H,1-2H3. The summed E-state index contributed by atoms with van der Waals surface area (Å²) in [6.07, 6.45) is 3.37. The fourth-order valence-corrected chi connectivity index (χ4v) is 2.72. The van der Waals surface area contributed by atoms with Crippen LogP contribution < -0.4 is 9.47 Å². The lowest BCUT2D eigenvalue weighted by atomic mass is 10.2. The topological polar surface area (TPSA) is 62.1 Å². The van der Waals surface area contributed by atoms with Gasteiger partial charge in [0.2, 0.25) is 0 Å². The SMILES string of the molecule is COc1ccc(-n2ncc3nc(-c4ccc(F)cc4)ncc32)cc1OC. The average molecular weight is 350 g/mol. The summed E-state index contributed by atoms with van der Waals surface area (Å²) in [4.78, 5) is 8.92. The molecule has 2 heterocycles. The second-order valence-corrected chi connectivity index (χ2v) is 5.57. The first-order chi connectivity index (χ1) is 12.7. The summed E-state index contributed by atoms with van der Waals surface area (Å²) in [7, 11) is 3.17. The van der Waals surface area contributed by atoms with E-state index in [0.717, 1.165) is 16.8 Å². The van der Waals surface area contributed by atoms with Crippen molar-refractivity contribution < 1.29 is 13.9 Å². The van der Waals surface area contributed by atoms with E-state index in [2.05, 4.69) is 15.1 Å². The number of hydrogen-bond donors (Lipinski definition) is 0. The monoisotopic (exact) mass is 350 g/mol. The molecule has 0 amide bonds. The van der Waals surface area contributed by atoms with E-state index < -0.39 is 0 Å². The molecule has 2 aromatic heterocycles. The number of benzene rings is 2. The van der Waals surface area contributed by atoms with E-state index in [9.17, 15) is 4.39 Å². The molecule has 6 nitrogen and oxygen atoms in total. The molecule has 0 aliphatic rings. The van der Waals surface area contributed by atoms with Gasteiger partial charge in [0.15, 0.2) is 17.3 Å². The Balaban J connectivity index is 1.77. The van der Waals surface area contributed by atoms with Crippen molar-refractivity contribution >= 4 is 11.0 Å². The van der Waals surface area contributed by atoms with Gasteiger partial charge in [-0.15, -0.1) is 0 Å². The van der Waals surface area contributed by atoms with E-state index in [1.54, 1.807) is 43.4 Å². The lowest BCUT2D eigenvalue weighted by molar-refractivity contribution is 0.355. The van der Waals surface area contributed by atoms with Gasteiger partial charge in [0, 0.05) is 11.6 Å². The van der Waals surface area contributed by atoms with Crippen molar-refractivity contribution in [3.05, 3.63) is 60.7 Å². The van der Waals surface area contributed by atoms with Crippen LogP contribution in [0.2, 0.25) is 0 Å². The van der Waals surface area contributed by atoms with Crippen LogP contribution in [-0.2, 0) is 0 Å². The number of fused-ring (bicyclic) bond motifs is 1. The Labute approximate surface area is 148 Å². The molecular weight excluding hydrogens is 335 g/mol. The van der Waals surface area contributed by atoms with Crippen molar-refractivity contribution in [1.29, 1.82) is 0 Å². The average Bonchev–Trinajstić information content (AvgIpc) is 3.11. The highest BCUT2D eigenvalue weighted by Crippen LogP contribution is 2.30. The Kier molecular flexibility index (Phi) is 3.96. The van der Waals surface area contributed by atoms with Gasteiger partial charge in [-0.2, -0.15) is 5.10 Å². The van der Waals surface area contributed by atoms with Crippen molar-refractivity contribution in [2.75, 3.05) is 14.2 Å². The third kappa shape index (κ3) is 2.73. The number of aromatic nitrogens is 4. The summed E-state index contributed by atoms with van der Waals surface area (Å²) >= 11 is 0. The second kappa shape index (κ2) is 6.44. The molecule has 0 fully saturated rings. The first-order valence-electron chi connectivity index (χ1n) is 7.88. The molecule has 0 saturated heterocycles. The molecule has 0 bridgehead atoms. The van der Waals surface area contributed by atoms with Gasteiger partial charge in [-0.3, -0.25) is 0 Å². The minimum Gasteiger partial charge on any atom is -0.493 e. The van der Waals surface area contributed by atoms with Crippen LogP contribution in [0.15, 0.2) is 54.9 Å². The Hall–Kier alpha value is -3.48. The lowest BCUT2D eigenvalue weighted by Crippen LogP contribution is -1.99. The number of methoxy groups -OCH3 is 2. The van der Waals surface area contributed by atoms with Gasteiger partial charge in [0.25, 0.3) is 0 Å². The lowest BCUT2D eigenvalue weighted by Gasteiger charge is -2.10. The molecule has 0 spiro atoms. The number of nitrogens with zero attached hydrogens (tertiary/aromatic N) is 4. The van der Waals surface area contributed by atoms with Crippen LogP contribution in [0.4, 0.5) is 4.39 Å². The van der Waals surface area contributed by atoms with Crippen LogP contribution in [0.3, 0.4) is 0 Å². The van der Waals surface area contributed by atoms with Gasteiger partial charge in [-0.05, 0) is 36.4 Å². The number of halogens is 1. The minimum absolute atomic E-state index is 0.295. The normalized spacial score (nSPS) is 10.9. The Morgan fingerprint density at radius 1 is 0.923 bits per heavy atom. The zero-order valence-electron chi connectivity index (χ0n) is 14.2. The molecule has 2 aromatic carbocycles. The molecule has 7 heteroatoms. The molecule has 130 valence electrons. The molecule has 0 atom stereocenters. The predicted octanol–water partition coefficient (Wildman–Crippen LogP) is 3.64. The van der Waals surface area contributed by atoms with E-state index in [1.807, 2.05) is 18.2 Å². The Morgan fingerprint density at radius 3 is 2.42 bits per heavy atom. The Bertz CT molecular complexity index is 1080. The zero-order chi connectivity index (χ0) is 18.1.